The third-order valence-electron chi connectivity index (χ3n) is 9.40. The number of hydrogen-bond acceptors (Lipinski definition) is 4. The van der Waals surface area contributed by atoms with Crippen molar-refractivity contribution in [2.75, 3.05) is 13.2 Å². The van der Waals surface area contributed by atoms with E-state index in [1.807, 2.05) is 6.92 Å². The number of ether oxygens (including phenoxy) is 3. The van der Waals surface area contributed by atoms with Gasteiger partial charge in [0.1, 0.15) is 16.8 Å². The van der Waals surface area contributed by atoms with E-state index < -0.39 is 11.4 Å². The van der Waals surface area contributed by atoms with Crippen LogP contribution in [0.1, 0.15) is 71.6 Å². The maximum absolute atomic E-state index is 11.4. The van der Waals surface area contributed by atoms with Crippen molar-refractivity contribution in [2.24, 2.45) is 17.3 Å². The maximum Gasteiger partial charge on any atom is 0.171 e. The molecule has 2 saturated heterocycles. The highest BCUT2D eigenvalue weighted by Crippen LogP contribution is 2.72. The highest BCUT2D eigenvalue weighted by Gasteiger charge is 2.78. The van der Waals surface area contributed by atoms with Gasteiger partial charge >= 0.3 is 0 Å². The molecule has 152 valence electrons. The van der Waals surface area contributed by atoms with Crippen LogP contribution in [0, 0.1) is 29.1 Å². The Hall–Kier alpha value is -0.860. The van der Waals surface area contributed by atoms with Gasteiger partial charge < -0.3 is 19.3 Å². The van der Waals surface area contributed by atoms with Crippen LogP contribution in [0.5, 0.6) is 0 Å². The predicted octanol–water partition coefficient (Wildman–Crippen LogP) is 3.72. The highest BCUT2D eigenvalue weighted by molar-refractivity contribution is 5.43. The molecule has 0 aromatic carbocycles. The second kappa shape index (κ2) is 5.43. The standard InChI is InChI=1S/C24H32O4/c1-3-8-21(25)11-7-18-17-5-4-9-22-16-23(26-14-15-27-23)12-13-24(22,28-22)19(17)6-10-20(18,21)2/h6,17-18,25H,4-5,7,9-16H2,1-2H3/t17?,18?,20?,21?,22-,24?/m1/s1. The maximum atomic E-state index is 11.4. The number of rotatable bonds is 0. The molecule has 6 rings (SSSR count). The first-order valence-electron chi connectivity index (χ1n) is 11.3. The molecular weight excluding hydrogens is 352 g/mol. The van der Waals surface area contributed by atoms with Crippen LogP contribution < -0.4 is 0 Å². The number of aliphatic hydroxyl groups is 1. The third-order valence-corrected chi connectivity index (χ3v) is 9.40. The van der Waals surface area contributed by atoms with E-state index in [-0.39, 0.29) is 16.6 Å². The van der Waals surface area contributed by atoms with Gasteiger partial charge in [-0.1, -0.05) is 18.9 Å². The van der Waals surface area contributed by atoms with Gasteiger partial charge in [0.25, 0.3) is 0 Å². The molecular formula is C24H32O4. The van der Waals surface area contributed by atoms with Crippen molar-refractivity contribution in [3.63, 3.8) is 0 Å². The lowest BCUT2D eigenvalue weighted by molar-refractivity contribution is -0.183. The summed E-state index contributed by atoms with van der Waals surface area (Å²) in [6, 6.07) is 0. The van der Waals surface area contributed by atoms with E-state index >= 15 is 0 Å². The van der Waals surface area contributed by atoms with Crippen molar-refractivity contribution in [1.29, 1.82) is 0 Å². The van der Waals surface area contributed by atoms with Gasteiger partial charge in [-0.15, -0.1) is 5.92 Å². The molecule has 0 amide bonds. The normalized spacial score (nSPS) is 53.0. The minimum atomic E-state index is -0.845. The molecule has 2 heterocycles. The van der Waals surface area contributed by atoms with Crippen LogP contribution in [-0.4, -0.2) is 40.9 Å². The van der Waals surface area contributed by atoms with Gasteiger partial charge in [0.05, 0.1) is 13.2 Å². The van der Waals surface area contributed by atoms with E-state index in [1.54, 1.807) is 5.57 Å². The molecule has 1 spiro atoms. The van der Waals surface area contributed by atoms with Crippen LogP contribution in [0.3, 0.4) is 0 Å². The second-order valence-corrected chi connectivity index (χ2v) is 10.4. The predicted molar refractivity (Wildman–Crippen MR) is 104 cm³/mol. The van der Waals surface area contributed by atoms with E-state index in [0.717, 1.165) is 44.9 Å². The summed E-state index contributed by atoms with van der Waals surface area (Å²) in [5, 5.41) is 11.4. The number of allylic oxidation sites excluding steroid dienone is 1. The van der Waals surface area contributed by atoms with Gasteiger partial charge in [-0.05, 0) is 69.3 Å². The molecule has 2 aliphatic heterocycles. The summed E-state index contributed by atoms with van der Waals surface area (Å²) >= 11 is 0. The zero-order chi connectivity index (χ0) is 19.3. The Balaban J connectivity index is 1.37. The summed E-state index contributed by atoms with van der Waals surface area (Å²) in [5.41, 5.74) is 0.391. The lowest BCUT2D eigenvalue weighted by Crippen LogP contribution is -2.50. The molecule has 3 saturated carbocycles. The zero-order valence-electron chi connectivity index (χ0n) is 17.2. The Morgan fingerprint density at radius 2 is 1.93 bits per heavy atom. The van der Waals surface area contributed by atoms with Gasteiger partial charge in [-0.2, -0.15) is 0 Å². The molecule has 0 aromatic rings. The lowest BCUT2D eigenvalue weighted by atomic mass is 9.57. The van der Waals surface area contributed by atoms with Crippen LogP contribution in [-0.2, 0) is 14.2 Å². The quantitative estimate of drug-likeness (QED) is 0.393. The first-order chi connectivity index (χ1) is 13.4. The van der Waals surface area contributed by atoms with Gasteiger partial charge in [-0.25, -0.2) is 0 Å². The summed E-state index contributed by atoms with van der Waals surface area (Å²) in [4.78, 5) is 0. The molecule has 28 heavy (non-hydrogen) atoms. The monoisotopic (exact) mass is 384 g/mol. The minimum absolute atomic E-state index is 0.0813. The molecule has 5 fully saturated rings. The van der Waals surface area contributed by atoms with Crippen molar-refractivity contribution in [3.05, 3.63) is 11.6 Å². The molecule has 4 aliphatic carbocycles. The molecule has 4 heteroatoms. The Kier molecular flexibility index (Phi) is 3.48. The molecule has 0 bridgehead atoms. The van der Waals surface area contributed by atoms with Gasteiger partial charge in [0.2, 0.25) is 0 Å². The van der Waals surface area contributed by atoms with Gasteiger partial charge in [0.15, 0.2) is 5.79 Å². The fourth-order valence-electron chi connectivity index (χ4n) is 7.98. The summed E-state index contributed by atoms with van der Waals surface area (Å²) in [5.74, 6) is 6.83. The SMILES string of the molecule is CC#CC1(O)CCC2C3CCC[C@@]45CC6(CCC4(O5)C3=CCC21C)OCCO6. The fraction of sp³-hybridized carbons (Fsp3) is 0.833. The first-order valence-corrected chi connectivity index (χ1v) is 11.3. The lowest BCUT2D eigenvalue weighted by Gasteiger charge is -2.48. The van der Waals surface area contributed by atoms with Crippen LogP contribution in [0.2, 0.25) is 0 Å². The van der Waals surface area contributed by atoms with Crippen molar-refractivity contribution >= 4 is 0 Å². The minimum Gasteiger partial charge on any atom is -0.377 e. The smallest absolute Gasteiger partial charge is 0.171 e. The van der Waals surface area contributed by atoms with E-state index in [1.165, 1.54) is 12.8 Å². The van der Waals surface area contributed by atoms with E-state index in [2.05, 4.69) is 24.8 Å². The molecule has 6 aliphatic rings. The van der Waals surface area contributed by atoms with Crippen molar-refractivity contribution in [1.82, 2.24) is 0 Å². The topological polar surface area (TPSA) is 51.2 Å². The molecule has 0 aromatic heterocycles. The molecule has 6 atom stereocenters. The second-order valence-electron chi connectivity index (χ2n) is 10.4. The largest absolute Gasteiger partial charge is 0.377 e. The zero-order valence-corrected chi connectivity index (χ0v) is 17.2. The van der Waals surface area contributed by atoms with Crippen molar-refractivity contribution < 1.29 is 19.3 Å². The number of fused-ring (bicyclic) bond motifs is 3. The van der Waals surface area contributed by atoms with Gasteiger partial charge in [0, 0.05) is 18.3 Å². The summed E-state index contributed by atoms with van der Waals surface area (Å²) in [7, 11) is 0. The van der Waals surface area contributed by atoms with Crippen molar-refractivity contribution in [2.45, 2.75) is 94.2 Å². The van der Waals surface area contributed by atoms with Crippen LogP contribution >= 0.6 is 0 Å². The molecule has 1 N–H and O–H groups in total. The highest BCUT2D eigenvalue weighted by atomic mass is 16.7. The summed E-state index contributed by atoms with van der Waals surface area (Å²) in [6.45, 7) is 5.56. The number of epoxide rings is 1. The Morgan fingerprint density at radius 1 is 1.11 bits per heavy atom. The average molecular weight is 385 g/mol. The molecule has 5 unspecified atom stereocenters. The average Bonchev–Trinajstić information content (AvgIpc) is 3.00. The first kappa shape index (κ1) is 18.0. The Labute approximate surface area is 168 Å². The molecule has 0 radical (unpaired) electrons. The Morgan fingerprint density at radius 3 is 2.71 bits per heavy atom. The molecule has 4 nitrogen and oxygen atoms in total. The van der Waals surface area contributed by atoms with Crippen molar-refractivity contribution in [3.8, 4) is 11.8 Å². The van der Waals surface area contributed by atoms with Crippen LogP contribution in [0.4, 0.5) is 0 Å². The van der Waals surface area contributed by atoms with E-state index in [9.17, 15) is 5.11 Å². The van der Waals surface area contributed by atoms with E-state index in [0.29, 0.717) is 25.0 Å². The van der Waals surface area contributed by atoms with E-state index in [4.69, 9.17) is 14.2 Å². The summed E-state index contributed by atoms with van der Waals surface area (Å²) < 4.78 is 18.8. The Bertz CT molecular complexity index is 801. The van der Waals surface area contributed by atoms with Crippen LogP contribution in [0.15, 0.2) is 11.6 Å². The fourth-order valence-corrected chi connectivity index (χ4v) is 7.98. The number of hydrogen-bond donors (Lipinski definition) is 1. The third kappa shape index (κ3) is 1.97. The van der Waals surface area contributed by atoms with Crippen LogP contribution in [0.25, 0.3) is 0 Å². The van der Waals surface area contributed by atoms with Gasteiger partial charge in [-0.3, -0.25) is 0 Å². The summed E-state index contributed by atoms with van der Waals surface area (Å²) in [6.07, 6.45) is 11.6.